The fourth-order valence-corrected chi connectivity index (χ4v) is 2.59. The van der Waals surface area contributed by atoms with E-state index >= 15 is 0 Å². The third kappa shape index (κ3) is 4.52. The van der Waals surface area contributed by atoms with Crippen LogP contribution in [0, 0.1) is 0 Å². The van der Waals surface area contributed by atoms with Gasteiger partial charge in [-0.1, -0.05) is 24.3 Å². The summed E-state index contributed by atoms with van der Waals surface area (Å²) in [6.45, 7) is -0.567. The number of esters is 1. The number of anilines is 2. The molecular weight excluding hydrogens is 348 g/mol. The second-order valence-corrected chi connectivity index (χ2v) is 5.76. The number of rotatable bonds is 5. The molecule has 0 bridgehead atoms. The minimum Gasteiger partial charge on any atom is -0.497 e. The Morgan fingerprint density at radius 1 is 1.15 bits per heavy atom. The number of carbonyl (C=O) groups is 3. The highest BCUT2D eigenvalue weighted by molar-refractivity contribution is 6.10. The van der Waals surface area contributed by atoms with Crippen LogP contribution in [0.2, 0.25) is 0 Å². The van der Waals surface area contributed by atoms with Gasteiger partial charge in [-0.05, 0) is 35.9 Å². The highest BCUT2D eigenvalue weighted by Crippen LogP contribution is 2.28. The largest absolute Gasteiger partial charge is 0.497 e. The number of nitrogens with zero attached hydrogens (tertiary/aromatic N) is 1. The van der Waals surface area contributed by atoms with Crippen LogP contribution >= 0.6 is 0 Å². The number of carbonyl (C=O) groups excluding carboxylic acids is 3. The molecule has 0 atom stereocenters. The van der Waals surface area contributed by atoms with Gasteiger partial charge in [-0.15, -0.1) is 0 Å². The van der Waals surface area contributed by atoms with Gasteiger partial charge in [0.05, 0.1) is 18.5 Å². The molecule has 7 nitrogen and oxygen atoms in total. The molecule has 2 amide bonds. The zero-order valence-corrected chi connectivity index (χ0v) is 14.7. The molecule has 0 saturated carbocycles. The first-order valence-electron chi connectivity index (χ1n) is 8.25. The predicted octanol–water partition coefficient (Wildman–Crippen LogP) is 2.24. The topological polar surface area (TPSA) is 84.9 Å². The Morgan fingerprint density at radius 2 is 1.89 bits per heavy atom. The summed E-state index contributed by atoms with van der Waals surface area (Å²) in [5.41, 5.74) is 1.92. The smallest absolute Gasteiger partial charge is 0.331 e. The van der Waals surface area contributed by atoms with Gasteiger partial charge in [0.2, 0.25) is 5.91 Å². The van der Waals surface area contributed by atoms with E-state index in [1.54, 1.807) is 61.7 Å². The number of fused-ring (bicyclic) bond motifs is 1. The molecule has 138 valence electrons. The lowest BCUT2D eigenvalue weighted by Gasteiger charge is -2.28. The zero-order valence-electron chi connectivity index (χ0n) is 14.7. The van der Waals surface area contributed by atoms with E-state index in [1.807, 2.05) is 0 Å². The Kier molecular flexibility index (Phi) is 5.51. The van der Waals surface area contributed by atoms with Gasteiger partial charge >= 0.3 is 5.97 Å². The summed E-state index contributed by atoms with van der Waals surface area (Å²) in [5, 5.41) is 2.70. The standard InChI is InChI=1S/C20H18N2O5/c1-26-15-9-6-14(7-10-15)8-11-20(25)27-13-19(24)22-12-18(23)21-16-4-2-3-5-17(16)22/h2-11H,12-13H2,1H3,(H,21,23)/b11-8+. The molecule has 0 aliphatic carbocycles. The fraction of sp³-hybridized carbons (Fsp3) is 0.150. The lowest BCUT2D eigenvalue weighted by molar-refractivity contribution is -0.143. The number of para-hydroxylation sites is 2. The number of nitrogens with one attached hydrogen (secondary N) is 1. The fourth-order valence-electron chi connectivity index (χ4n) is 2.59. The zero-order chi connectivity index (χ0) is 19.2. The van der Waals surface area contributed by atoms with Gasteiger partial charge in [0.1, 0.15) is 12.3 Å². The van der Waals surface area contributed by atoms with Crippen molar-refractivity contribution in [1.29, 1.82) is 0 Å². The van der Waals surface area contributed by atoms with Crippen LogP contribution in [0.5, 0.6) is 5.75 Å². The van der Waals surface area contributed by atoms with Gasteiger partial charge in [-0.25, -0.2) is 4.79 Å². The average molecular weight is 366 g/mol. The Balaban J connectivity index is 1.58. The van der Waals surface area contributed by atoms with E-state index in [-0.39, 0.29) is 12.5 Å². The van der Waals surface area contributed by atoms with Crippen molar-refractivity contribution in [3.05, 3.63) is 60.2 Å². The quantitative estimate of drug-likeness (QED) is 0.648. The molecule has 1 N–H and O–H groups in total. The van der Waals surface area contributed by atoms with Crippen molar-refractivity contribution in [3.63, 3.8) is 0 Å². The molecule has 3 rings (SSSR count). The van der Waals surface area contributed by atoms with Crippen molar-refractivity contribution in [1.82, 2.24) is 0 Å². The molecule has 0 spiro atoms. The van der Waals surface area contributed by atoms with Gasteiger partial charge in [0.15, 0.2) is 6.61 Å². The molecule has 0 aromatic heterocycles. The van der Waals surface area contributed by atoms with Crippen molar-refractivity contribution in [2.75, 3.05) is 30.5 Å². The van der Waals surface area contributed by atoms with Crippen molar-refractivity contribution < 1.29 is 23.9 Å². The maximum atomic E-state index is 12.4. The lowest BCUT2D eigenvalue weighted by Crippen LogP contribution is -2.43. The average Bonchev–Trinajstić information content (AvgIpc) is 2.70. The SMILES string of the molecule is COc1ccc(/C=C/C(=O)OCC(=O)N2CC(=O)Nc3ccccc32)cc1. The molecule has 0 saturated heterocycles. The number of ether oxygens (including phenoxy) is 2. The highest BCUT2D eigenvalue weighted by atomic mass is 16.5. The van der Waals surface area contributed by atoms with Gasteiger partial charge in [-0.3, -0.25) is 14.5 Å². The Bertz CT molecular complexity index is 890. The number of benzene rings is 2. The van der Waals surface area contributed by atoms with E-state index in [1.165, 1.54) is 11.0 Å². The van der Waals surface area contributed by atoms with Crippen LogP contribution in [0.1, 0.15) is 5.56 Å². The molecule has 1 heterocycles. The number of hydrogen-bond acceptors (Lipinski definition) is 5. The van der Waals surface area contributed by atoms with Crippen molar-refractivity contribution in [2.45, 2.75) is 0 Å². The first-order valence-corrected chi connectivity index (χ1v) is 8.25. The van der Waals surface area contributed by atoms with E-state index in [4.69, 9.17) is 9.47 Å². The second kappa shape index (κ2) is 8.18. The molecule has 2 aromatic carbocycles. The molecule has 0 fully saturated rings. The molecule has 2 aromatic rings. The summed E-state index contributed by atoms with van der Waals surface area (Å²) in [6, 6.07) is 14.1. The molecule has 0 radical (unpaired) electrons. The van der Waals surface area contributed by atoms with Crippen LogP contribution in [0.25, 0.3) is 6.08 Å². The maximum absolute atomic E-state index is 12.4. The second-order valence-electron chi connectivity index (χ2n) is 5.76. The summed E-state index contributed by atoms with van der Waals surface area (Å²) in [6.07, 6.45) is 2.82. The number of methoxy groups -OCH3 is 1. The van der Waals surface area contributed by atoms with Gasteiger partial charge < -0.3 is 14.8 Å². The van der Waals surface area contributed by atoms with Crippen LogP contribution in [-0.4, -0.2) is 38.0 Å². The van der Waals surface area contributed by atoms with Crippen molar-refractivity contribution in [2.24, 2.45) is 0 Å². The van der Waals surface area contributed by atoms with Crippen LogP contribution in [0.4, 0.5) is 11.4 Å². The summed E-state index contributed by atoms with van der Waals surface area (Å²) >= 11 is 0. The molecule has 1 aliphatic rings. The van der Waals surface area contributed by atoms with E-state index < -0.39 is 18.5 Å². The van der Waals surface area contributed by atoms with Crippen molar-refractivity contribution in [3.8, 4) is 5.75 Å². The third-order valence-corrected chi connectivity index (χ3v) is 3.94. The van der Waals surface area contributed by atoms with Crippen LogP contribution in [-0.2, 0) is 19.1 Å². The normalized spacial score (nSPS) is 13.1. The summed E-state index contributed by atoms with van der Waals surface area (Å²) in [7, 11) is 1.57. The highest BCUT2D eigenvalue weighted by Gasteiger charge is 2.26. The van der Waals surface area contributed by atoms with Crippen LogP contribution in [0.3, 0.4) is 0 Å². The summed E-state index contributed by atoms with van der Waals surface area (Å²) < 4.78 is 10.1. The molecule has 27 heavy (non-hydrogen) atoms. The molecule has 7 heteroatoms. The predicted molar refractivity (Wildman–Crippen MR) is 100 cm³/mol. The van der Waals surface area contributed by atoms with Crippen LogP contribution < -0.4 is 15.0 Å². The maximum Gasteiger partial charge on any atom is 0.331 e. The number of hydrogen-bond donors (Lipinski definition) is 1. The Labute approximate surface area is 156 Å². The summed E-state index contributed by atoms with van der Waals surface area (Å²) in [4.78, 5) is 37.3. The van der Waals surface area contributed by atoms with Gasteiger partial charge in [-0.2, -0.15) is 0 Å². The van der Waals surface area contributed by atoms with Crippen LogP contribution in [0.15, 0.2) is 54.6 Å². The van der Waals surface area contributed by atoms with Gasteiger partial charge in [0, 0.05) is 6.08 Å². The molecular formula is C20H18N2O5. The Morgan fingerprint density at radius 3 is 2.63 bits per heavy atom. The monoisotopic (exact) mass is 366 g/mol. The Hall–Kier alpha value is -3.61. The first kappa shape index (κ1) is 18.2. The van der Waals surface area contributed by atoms with Gasteiger partial charge in [0.25, 0.3) is 5.91 Å². The lowest BCUT2D eigenvalue weighted by atomic mass is 10.2. The van der Waals surface area contributed by atoms with E-state index in [0.29, 0.717) is 17.1 Å². The molecule has 0 unspecified atom stereocenters. The summed E-state index contributed by atoms with van der Waals surface area (Å²) in [5.74, 6) is -0.698. The third-order valence-electron chi connectivity index (χ3n) is 3.94. The van der Waals surface area contributed by atoms with Crippen molar-refractivity contribution >= 4 is 35.2 Å². The van der Waals surface area contributed by atoms with E-state index in [2.05, 4.69) is 5.32 Å². The first-order chi connectivity index (χ1) is 13.1. The minimum absolute atomic E-state index is 0.116. The minimum atomic E-state index is -0.645. The number of amides is 2. The molecule has 1 aliphatic heterocycles. The van der Waals surface area contributed by atoms with E-state index in [0.717, 1.165) is 5.56 Å². The van der Waals surface area contributed by atoms with E-state index in [9.17, 15) is 14.4 Å².